The van der Waals surface area contributed by atoms with Crippen molar-refractivity contribution in [1.29, 1.82) is 5.41 Å². The molecule has 2 atom stereocenters. The van der Waals surface area contributed by atoms with Gasteiger partial charge < -0.3 is 30.5 Å². The summed E-state index contributed by atoms with van der Waals surface area (Å²) in [6, 6.07) is 11.6. The Bertz CT molecular complexity index is 1100. The topological polar surface area (TPSA) is 152 Å². The first-order chi connectivity index (χ1) is 15.3. The molecule has 2 aliphatic rings. The molecule has 0 radical (unpaired) electrons. The number of carboxylic acids is 1. The molecule has 0 aliphatic carbocycles. The lowest BCUT2D eigenvalue weighted by Gasteiger charge is -2.34. The molecule has 2 heterocycles. The van der Waals surface area contributed by atoms with E-state index in [0.29, 0.717) is 29.3 Å². The number of fused-ring (bicyclic) bond motifs is 1. The van der Waals surface area contributed by atoms with E-state index in [1.165, 1.54) is 4.90 Å². The second-order valence-corrected chi connectivity index (χ2v) is 7.56. The number of morpholine rings is 1. The summed E-state index contributed by atoms with van der Waals surface area (Å²) in [7, 11) is 0. The molecule has 2 aromatic carbocycles. The first kappa shape index (κ1) is 21.5. The van der Waals surface area contributed by atoms with Crippen molar-refractivity contribution in [2.45, 2.75) is 25.2 Å². The van der Waals surface area contributed by atoms with Crippen molar-refractivity contribution < 1.29 is 29.3 Å². The Balaban J connectivity index is 1.46. The molecule has 4 rings (SSSR count). The average Bonchev–Trinajstić information content (AvgIpc) is 3.13. The van der Waals surface area contributed by atoms with Crippen molar-refractivity contribution in [3.8, 4) is 0 Å². The fourth-order valence-corrected chi connectivity index (χ4v) is 3.79. The maximum absolute atomic E-state index is 13.0. The molecule has 1 saturated heterocycles. The molecule has 0 spiro atoms. The van der Waals surface area contributed by atoms with E-state index in [1.54, 1.807) is 42.5 Å². The van der Waals surface area contributed by atoms with Gasteiger partial charge in [-0.3, -0.25) is 19.8 Å². The van der Waals surface area contributed by atoms with Crippen LogP contribution in [0.5, 0.6) is 0 Å². The molecule has 2 aliphatic heterocycles. The Morgan fingerprint density at radius 3 is 2.88 bits per heavy atom. The maximum Gasteiger partial charge on any atom is 0.307 e. The molecule has 0 saturated carbocycles. The van der Waals surface area contributed by atoms with Crippen molar-refractivity contribution in [3.05, 3.63) is 59.2 Å². The highest BCUT2D eigenvalue weighted by molar-refractivity contribution is 6.04. The molecule has 2 amide bonds. The van der Waals surface area contributed by atoms with E-state index >= 15 is 0 Å². The fraction of sp³-hybridized carbons (Fsp3) is 0.273. The number of nitrogens with one attached hydrogen (secondary N) is 3. The van der Waals surface area contributed by atoms with Gasteiger partial charge in [-0.15, -0.1) is 0 Å². The van der Waals surface area contributed by atoms with Gasteiger partial charge in [0.2, 0.25) is 0 Å². The number of aliphatic hydroxyl groups is 1. The van der Waals surface area contributed by atoms with Gasteiger partial charge >= 0.3 is 5.97 Å². The molecule has 10 nitrogen and oxygen atoms in total. The van der Waals surface area contributed by atoms with Crippen LogP contribution in [0.2, 0.25) is 0 Å². The van der Waals surface area contributed by atoms with E-state index in [4.69, 9.17) is 15.3 Å². The number of nitrogens with zero attached hydrogens (tertiary/aromatic N) is 1. The third-order valence-electron chi connectivity index (χ3n) is 5.35. The van der Waals surface area contributed by atoms with Crippen LogP contribution in [0.15, 0.2) is 42.5 Å². The number of hydrogen-bond donors (Lipinski definition) is 5. The van der Waals surface area contributed by atoms with Gasteiger partial charge in [-0.1, -0.05) is 12.1 Å². The van der Waals surface area contributed by atoms with Gasteiger partial charge in [-0.05, 0) is 41.5 Å². The zero-order valence-electron chi connectivity index (χ0n) is 17.0. The van der Waals surface area contributed by atoms with Gasteiger partial charge in [0.1, 0.15) is 5.84 Å². The summed E-state index contributed by atoms with van der Waals surface area (Å²) >= 11 is 0. The van der Waals surface area contributed by atoms with Gasteiger partial charge in [-0.25, -0.2) is 0 Å². The Hall–Kier alpha value is -3.76. The number of benzene rings is 2. The lowest BCUT2D eigenvalue weighted by Crippen LogP contribution is -2.55. The van der Waals surface area contributed by atoms with Crippen molar-refractivity contribution in [1.82, 2.24) is 5.32 Å². The minimum absolute atomic E-state index is 0.108. The molecule has 10 heteroatoms. The highest BCUT2D eigenvalue weighted by Crippen LogP contribution is 2.23. The third-order valence-corrected chi connectivity index (χ3v) is 5.35. The number of amidine groups is 1. The standard InChI is InChI=1S/C22H22N4O6/c23-20-16-5-4-14(10-13(16)11-24-20)25-21(30)18(29)19-22(31)26(6-7-32-19)15-3-1-2-12(8-15)9-17(27)28/h1-5,8,10,18-19,29H,6-7,9,11H2,(H2,23,24)(H,25,30)(H,27,28)/t18-,19-/m1/s1. The molecule has 32 heavy (non-hydrogen) atoms. The van der Waals surface area contributed by atoms with Gasteiger partial charge in [0, 0.05) is 30.0 Å². The highest BCUT2D eigenvalue weighted by atomic mass is 16.5. The number of rotatable bonds is 6. The smallest absolute Gasteiger partial charge is 0.307 e. The summed E-state index contributed by atoms with van der Waals surface area (Å²) in [5.41, 5.74) is 3.03. The minimum Gasteiger partial charge on any atom is -0.481 e. The van der Waals surface area contributed by atoms with Crippen molar-refractivity contribution in [2.75, 3.05) is 23.4 Å². The van der Waals surface area contributed by atoms with Gasteiger partial charge in [0.15, 0.2) is 12.2 Å². The van der Waals surface area contributed by atoms with E-state index in [0.717, 1.165) is 11.1 Å². The number of amides is 2. The molecule has 0 unspecified atom stereocenters. The van der Waals surface area contributed by atoms with Crippen LogP contribution in [0.3, 0.4) is 0 Å². The van der Waals surface area contributed by atoms with Gasteiger partial charge in [-0.2, -0.15) is 0 Å². The van der Waals surface area contributed by atoms with Crippen molar-refractivity contribution in [3.63, 3.8) is 0 Å². The largest absolute Gasteiger partial charge is 0.481 e. The van der Waals surface area contributed by atoms with Gasteiger partial charge in [0.05, 0.1) is 13.0 Å². The second-order valence-electron chi connectivity index (χ2n) is 7.56. The van der Waals surface area contributed by atoms with Crippen molar-refractivity contribution in [2.24, 2.45) is 0 Å². The molecule has 166 valence electrons. The zero-order valence-corrected chi connectivity index (χ0v) is 17.0. The zero-order chi connectivity index (χ0) is 22.8. The lowest BCUT2D eigenvalue weighted by atomic mass is 10.1. The molecule has 2 aromatic rings. The van der Waals surface area contributed by atoms with E-state index < -0.39 is 30.0 Å². The molecule has 0 aromatic heterocycles. The summed E-state index contributed by atoms with van der Waals surface area (Å²) < 4.78 is 5.41. The van der Waals surface area contributed by atoms with Crippen LogP contribution in [-0.2, 0) is 32.1 Å². The van der Waals surface area contributed by atoms with Crippen LogP contribution in [0, 0.1) is 5.41 Å². The van der Waals surface area contributed by atoms with Crippen LogP contribution in [-0.4, -0.2) is 59.2 Å². The monoisotopic (exact) mass is 438 g/mol. The Morgan fingerprint density at radius 2 is 2.09 bits per heavy atom. The van der Waals surface area contributed by atoms with E-state index in [2.05, 4.69) is 10.6 Å². The summed E-state index contributed by atoms with van der Waals surface area (Å²) in [5.74, 6) is -2.05. The molecule has 0 bridgehead atoms. The molecular weight excluding hydrogens is 416 g/mol. The number of carbonyl (C=O) groups excluding carboxylic acids is 2. The van der Waals surface area contributed by atoms with Gasteiger partial charge in [0.25, 0.3) is 11.8 Å². The SMILES string of the molecule is N=C1NCc2cc(NC(=O)[C@H](O)[C@H]3OCCN(c4cccc(CC(=O)O)c4)C3=O)ccc21. The second kappa shape index (κ2) is 8.77. The number of carboxylic acid groups (broad SMARTS) is 1. The van der Waals surface area contributed by atoms with Crippen LogP contribution < -0.4 is 15.5 Å². The Labute approximate surface area is 183 Å². The quantitative estimate of drug-likeness (QED) is 0.440. The summed E-state index contributed by atoms with van der Waals surface area (Å²) in [6.45, 7) is 0.793. The molecular formula is C22H22N4O6. The fourth-order valence-electron chi connectivity index (χ4n) is 3.79. The van der Waals surface area contributed by atoms with E-state index in [9.17, 15) is 19.5 Å². The number of hydrogen-bond acceptors (Lipinski definition) is 6. The van der Waals surface area contributed by atoms with Crippen LogP contribution >= 0.6 is 0 Å². The third kappa shape index (κ3) is 4.32. The summed E-state index contributed by atoms with van der Waals surface area (Å²) in [6.07, 6.45) is -3.32. The first-order valence-corrected chi connectivity index (χ1v) is 10.0. The molecule has 1 fully saturated rings. The number of ether oxygens (including phenoxy) is 1. The normalized spacial score (nSPS) is 18.7. The number of anilines is 2. The predicted molar refractivity (Wildman–Crippen MR) is 115 cm³/mol. The molecule has 5 N–H and O–H groups in total. The lowest BCUT2D eigenvalue weighted by molar-refractivity contribution is -0.150. The van der Waals surface area contributed by atoms with Crippen molar-refractivity contribution >= 4 is 35.0 Å². The average molecular weight is 438 g/mol. The number of aliphatic carboxylic acids is 1. The van der Waals surface area contributed by atoms with Crippen LogP contribution in [0.25, 0.3) is 0 Å². The predicted octanol–water partition coefficient (Wildman–Crippen LogP) is 0.474. The Kier molecular flexibility index (Phi) is 5.89. The number of carbonyl (C=O) groups is 3. The summed E-state index contributed by atoms with van der Waals surface area (Å²) in [5, 5.41) is 32.8. The van der Waals surface area contributed by atoms with E-state index in [-0.39, 0.29) is 19.6 Å². The van der Waals surface area contributed by atoms with E-state index in [1.807, 2.05) is 0 Å². The van der Waals surface area contributed by atoms with Crippen LogP contribution in [0.1, 0.15) is 16.7 Å². The highest BCUT2D eigenvalue weighted by Gasteiger charge is 2.39. The van der Waals surface area contributed by atoms with Crippen LogP contribution in [0.4, 0.5) is 11.4 Å². The first-order valence-electron chi connectivity index (χ1n) is 10.0. The Morgan fingerprint density at radius 1 is 1.28 bits per heavy atom. The number of aliphatic hydroxyl groups excluding tert-OH is 1. The minimum atomic E-state index is -1.74. The maximum atomic E-state index is 13.0. The summed E-state index contributed by atoms with van der Waals surface area (Å²) in [4.78, 5) is 37.9.